The maximum Gasteiger partial charge on any atom is 0.413 e. The minimum Gasteiger partial charge on any atom is -0.450 e. The highest BCUT2D eigenvalue weighted by molar-refractivity contribution is 5.94. The van der Waals surface area contributed by atoms with Crippen LogP contribution in [-0.2, 0) is 9.53 Å². The SMILES string of the molecule is CCOC(=O)NC(=O)CN(CC)c1ncccc1[N+](=O)[O-]. The van der Waals surface area contributed by atoms with Crippen LogP contribution in [0.2, 0.25) is 0 Å². The van der Waals surface area contributed by atoms with Crippen molar-refractivity contribution in [1.29, 1.82) is 0 Å². The average molecular weight is 296 g/mol. The lowest BCUT2D eigenvalue weighted by Crippen LogP contribution is -2.40. The molecule has 0 aliphatic carbocycles. The number of pyridine rings is 1. The number of anilines is 1. The maximum absolute atomic E-state index is 11.7. The van der Waals surface area contributed by atoms with E-state index < -0.39 is 16.9 Å². The van der Waals surface area contributed by atoms with Crippen molar-refractivity contribution in [3.63, 3.8) is 0 Å². The van der Waals surface area contributed by atoms with Gasteiger partial charge < -0.3 is 9.64 Å². The van der Waals surface area contributed by atoms with Gasteiger partial charge in [0.25, 0.3) is 0 Å². The summed E-state index contributed by atoms with van der Waals surface area (Å²) in [6.45, 7) is 3.54. The van der Waals surface area contributed by atoms with E-state index in [4.69, 9.17) is 0 Å². The van der Waals surface area contributed by atoms with E-state index in [-0.39, 0.29) is 24.7 Å². The lowest BCUT2D eigenvalue weighted by Gasteiger charge is -2.20. The highest BCUT2D eigenvalue weighted by Gasteiger charge is 2.22. The van der Waals surface area contributed by atoms with Gasteiger partial charge in [0.05, 0.1) is 18.1 Å². The summed E-state index contributed by atoms with van der Waals surface area (Å²) in [7, 11) is 0. The van der Waals surface area contributed by atoms with Crippen molar-refractivity contribution >= 4 is 23.5 Å². The lowest BCUT2D eigenvalue weighted by atomic mass is 10.3. The summed E-state index contributed by atoms with van der Waals surface area (Å²) >= 11 is 0. The predicted octanol–water partition coefficient (Wildman–Crippen LogP) is 1.09. The summed E-state index contributed by atoms with van der Waals surface area (Å²) in [5, 5.41) is 13.0. The van der Waals surface area contributed by atoms with E-state index in [2.05, 4.69) is 9.72 Å². The minimum atomic E-state index is -0.853. The van der Waals surface area contributed by atoms with Crippen LogP contribution in [0.3, 0.4) is 0 Å². The molecule has 1 aromatic heterocycles. The summed E-state index contributed by atoms with van der Waals surface area (Å²) in [6, 6.07) is 2.74. The van der Waals surface area contributed by atoms with Gasteiger partial charge in [0.15, 0.2) is 0 Å². The second-order valence-electron chi connectivity index (χ2n) is 3.89. The Morgan fingerprint density at radius 3 is 2.76 bits per heavy atom. The zero-order chi connectivity index (χ0) is 15.8. The Hall–Kier alpha value is -2.71. The first kappa shape index (κ1) is 16.3. The number of carbonyl (C=O) groups is 2. The Morgan fingerprint density at radius 2 is 2.19 bits per heavy atom. The number of nitrogens with zero attached hydrogens (tertiary/aromatic N) is 3. The first-order valence-corrected chi connectivity index (χ1v) is 6.30. The van der Waals surface area contributed by atoms with Crippen LogP contribution in [0.15, 0.2) is 18.3 Å². The topological polar surface area (TPSA) is 115 Å². The van der Waals surface area contributed by atoms with Gasteiger partial charge in [-0.05, 0) is 19.9 Å². The summed E-state index contributed by atoms with van der Waals surface area (Å²) < 4.78 is 4.58. The number of nitrogens with one attached hydrogen (secondary N) is 1. The molecule has 0 bridgehead atoms. The first-order chi connectivity index (χ1) is 9.99. The molecule has 0 radical (unpaired) electrons. The van der Waals surface area contributed by atoms with Gasteiger partial charge in [-0.1, -0.05) is 0 Å². The number of imide groups is 1. The molecule has 21 heavy (non-hydrogen) atoms. The van der Waals surface area contributed by atoms with Gasteiger partial charge in [-0.15, -0.1) is 0 Å². The molecule has 1 rings (SSSR count). The third-order valence-electron chi connectivity index (χ3n) is 2.50. The van der Waals surface area contributed by atoms with Gasteiger partial charge in [-0.25, -0.2) is 9.78 Å². The van der Waals surface area contributed by atoms with Crippen LogP contribution in [0, 0.1) is 10.1 Å². The number of carbonyl (C=O) groups excluding carboxylic acids is 2. The molecule has 114 valence electrons. The minimum absolute atomic E-state index is 0.0732. The Kier molecular flexibility index (Phi) is 6.05. The third-order valence-corrected chi connectivity index (χ3v) is 2.50. The molecule has 1 aromatic rings. The van der Waals surface area contributed by atoms with Crippen molar-refractivity contribution in [2.24, 2.45) is 0 Å². The van der Waals surface area contributed by atoms with E-state index >= 15 is 0 Å². The third kappa shape index (κ3) is 4.71. The van der Waals surface area contributed by atoms with Crippen LogP contribution >= 0.6 is 0 Å². The van der Waals surface area contributed by atoms with E-state index in [1.54, 1.807) is 13.8 Å². The maximum atomic E-state index is 11.7. The Bertz CT molecular complexity index is 534. The molecule has 2 amide bonds. The van der Waals surface area contributed by atoms with Crippen LogP contribution in [0.4, 0.5) is 16.3 Å². The van der Waals surface area contributed by atoms with Crippen LogP contribution in [-0.4, -0.2) is 41.6 Å². The second-order valence-corrected chi connectivity index (χ2v) is 3.89. The smallest absolute Gasteiger partial charge is 0.413 e. The molecule has 0 aromatic carbocycles. The molecule has 0 aliphatic heterocycles. The molecular weight excluding hydrogens is 280 g/mol. The van der Waals surface area contributed by atoms with Crippen LogP contribution < -0.4 is 10.2 Å². The van der Waals surface area contributed by atoms with Gasteiger partial charge in [-0.2, -0.15) is 0 Å². The van der Waals surface area contributed by atoms with Crippen molar-refractivity contribution in [3.8, 4) is 0 Å². The van der Waals surface area contributed by atoms with Gasteiger partial charge in [0.2, 0.25) is 11.7 Å². The Morgan fingerprint density at radius 1 is 1.48 bits per heavy atom. The highest BCUT2D eigenvalue weighted by Crippen LogP contribution is 2.24. The first-order valence-electron chi connectivity index (χ1n) is 6.30. The number of ether oxygens (including phenoxy) is 1. The van der Waals surface area contributed by atoms with E-state index in [9.17, 15) is 19.7 Å². The van der Waals surface area contributed by atoms with Crippen LogP contribution in [0.1, 0.15) is 13.8 Å². The van der Waals surface area contributed by atoms with Crippen molar-refractivity contribution in [2.75, 3.05) is 24.6 Å². The van der Waals surface area contributed by atoms with Crippen molar-refractivity contribution in [1.82, 2.24) is 10.3 Å². The monoisotopic (exact) mass is 296 g/mol. The van der Waals surface area contributed by atoms with Gasteiger partial charge in [0, 0.05) is 18.8 Å². The van der Waals surface area contributed by atoms with Crippen LogP contribution in [0.5, 0.6) is 0 Å². The van der Waals surface area contributed by atoms with E-state index in [1.807, 2.05) is 5.32 Å². The molecule has 1 heterocycles. The fraction of sp³-hybridized carbons (Fsp3) is 0.417. The number of rotatable bonds is 6. The van der Waals surface area contributed by atoms with Crippen molar-refractivity contribution < 1.29 is 19.2 Å². The number of likely N-dealkylation sites (N-methyl/N-ethyl adjacent to an activating group) is 1. The van der Waals surface area contributed by atoms with E-state index in [1.165, 1.54) is 23.2 Å². The molecule has 0 spiro atoms. The quantitative estimate of drug-likeness (QED) is 0.617. The molecule has 0 aliphatic rings. The number of alkyl carbamates (subject to hydrolysis) is 1. The van der Waals surface area contributed by atoms with Gasteiger partial charge >= 0.3 is 11.8 Å². The highest BCUT2D eigenvalue weighted by atomic mass is 16.6. The number of hydrogen-bond acceptors (Lipinski definition) is 7. The largest absolute Gasteiger partial charge is 0.450 e. The molecule has 0 fully saturated rings. The molecule has 9 nitrogen and oxygen atoms in total. The molecule has 0 atom stereocenters. The summed E-state index contributed by atoms with van der Waals surface area (Å²) in [4.78, 5) is 38.5. The van der Waals surface area contributed by atoms with E-state index in [0.29, 0.717) is 6.54 Å². The Balaban J connectivity index is 2.82. The zero-order valence-electron chi connectivity index (χ0n) is 11.7. The molecule has 0 unspecified atom stereocenters. The van der Waals surface area contributed by atoms with Gasteiger partial charge in [0.1, 0.15) is 0 Å². The normalized spacial score (nSPS) is 9.81. The fourth-order valence-corrected chi connectivity index (χ4v) is 1.60. The van der Waals surface area contributed by atoms with Crippen molar-refractivity contribution in [3.05, 3.63) is 28.4 Å². The van der Waals surface area contributed by atoms with Gasteiger partial charge in [-0.3, -0.25) is 20.2 Å². The molecular formula is C12H16N4O5. The summed E-state index contributed by atoms with van der Waals surface area (Å²) in [5.74, 6) is -0.556. The van der Waals surface area contributed by atoms with E-state index in [0.717, 1.165) is 0 Å². The number of hydrogen-bond donors (Lipinski definition) is 1. The lowest BCUT2D eigenvalue weighted by molar-refractivity contribution is -0.384. The summed E-state index contributed by atoms with van der Waals surface area (Å²) in [6.07, 6.45) is 0.544. The summed E-state index contributed by atoms with van der Waals surface area (Å²) in [5.41, 5.74) is -0.205. The Labute approximate surface area is 121 Å². The number of nitro groups is 1. The predicted molar refractivity (Wildman–Crippen MR) is 73.9 cm³/mol. The fourth-order valence-electron chi connectivity index (χ4n) is 1.60. The molecule has 0 saturated heterocycles. The van der Waals surface area contributed by atoms with Crippen molar-refractivity contribution in [2.45, 2.75) is 13.8 Å². The molecule has 1 N–H and O–H groups in total. The molecule has 9 heteroatoms. The second kappa shape index (κ2) is 7.78. The molecule has 0 saturated carbocycles. The number of amides is 2. The number of aromatic nitrogens is 1. The zero-order valence-corrected chi connectivity index (χ0v) is 11.7. The standard InChI is InChI=1S/C12H16N4O5/c1-3-15(8-10(17)14-12(18)21-4-2)11-9(16(19)20)6-5-7-13-11/h5-7H,3-4,8H2,1-2H3,(H,14,17,18). The average Bonchev–Trinajstić information content (AvgIpc) is 2.44. The van der Waals surface area contributed by atoms with Crippen LogP contribution in [0.25, 0.3) is 0 Å².